The molecule has 2 aromatic rings. The lowest BCUT2D eigenvalue weighted by molar-refractivity contribution is 0.102. The van der Waals surface area contributed by atoms with Crippen LogP contribution in [0.5, 0.6) is 5.75 Å². The van der Waals surface area contributed by atoms with Gasteiger partial charge in [-0.25, -0.2) is 0 Å². The van der Waals surface area contributed by atoms with Crippen LogP contribution in [0.4, 0.5) is 5.69 Å². The molecule has 0 aromatic heterocycles. The Labute approximate surface area is 116 Å². The predicted molar refractivity (Wildman–Crippen MR) is 76.8 cm³/mol. The Morgan fingerprint density at radius 2 is 2.05 bits per heavy atom. The van der Waals surface area contributed by atoms with E-state index in [1.807, 2.05) is 18.2 Å². The van der Waals surface area contributed by atoms with Crippen molar-refractivity contribution in [2.24, 2.45) is 0 Å². The molecule has 4 heteroatoms. The second kappa shape index (κ2) is 5.76. The zero-order chi connectivity index (χ0) is 13.8. The highest BCUT2D eigenvalue weighted by Gasteiger charge is 2.08. The maximum atomic E-state index is 12.0. The maximum Gasteiger partial charge on any atom is 0.255 e. The SMILES string of the molecule is Cc1ccc(C(=O)Nc2cccc(CCl)c2)cc1O. The van der Waals surface area contributed by atoms with Crippen LogP contribution in [0, 0.1) is 6.92 Å². The number of hydrogen-bond donors (Lipinski definition) is 2. The van der Waals surface area contributed by atoms with Gasteiger partial charge in [0.2, 0.25) is 0 Å². The summed E-state index contributed by atoms with van der Waals surface area (Å²) in [5.74, 6) is 0.249. The molecule has 2 N–H and O–H groups in total. The van der Waals surface area contributed by atoms with E-state index in [0.29, 0.717) is 17.1 Å². The number of phenolic OH excluding ortho intramolecular Hbond substituents is 1. The van der Waals surface area contributed by atoms with Crippen molar-refractivity contribution in [2.45, 2.75) is 12.8 Å². The van der Waals surface area contributed by atoms with Crippen LogP contribution in [0.15, 0.2) is 42.5 Å². The van der Waals surface area contributed by atoms with Crippen molar-refractivity contribution in [1.29, 1.82) is 0 Å². The van der Waals surface area contributed by atoms with E-state index >= 15 is 0 Å². The molecule has 0 saturated carbocycles. The molecular formula is C15H14ClNO2. The number of carbonyl (C=O) groups is 1. The van der Waals surface area contributed by atoms with Crippen LogP contribution >= 0.6 is 11.6 Å². The van der Waals surface area contributed by atoms with E-state index < -0.39 is 0 Å². The Bertz CT molecular complexity index is 611. The molecule has 2 aromatic carbocycles. The van der Waals surface area contributed by atoms with E-state index in [9.17, 15) is 9.90 Å². The monoisotopic (exact) mass is 275 g/mol. The first-order chi connectivity index (χ1) is 9.10. The third kappa shape index (κ3) is 3.26. The highest BCUT2D eigenvalue weighted by Crippen LogP contribution is 2.19. The number of benzene rings is 2. The largest absolute Gasteiger partial charge is 0.508 e. The Hall–Kier alpha value is -2.00. The van der Waals surface area contributed by atoms with Crippen molar-refractivity contribution < 1.29 is 9.90 Å². The molecule has 0 aliphatic carbocycles. The summed E-state index contributed by atoms with van der Waals surface area (Å²) in [6.07, 6.45) is 0. The minimum absolute atomic E-state index is 0.113. The molecule has 0 radical (unpaired) electrons. The van der Waals surface area contributed by atoms with Gasteiger partial charge in [-0.3, -0.25) is 4.79 Å². The molecule has 2 rings (SSSR count). The second-order valence-electron chi connectivity index (χ2n) is 4.29. The summed E-state index contributed by atoms with van der Waals surface area (Å²) in [6, 6.07) is 12.2. The van der Waals surface area contributed by atoms with E-state index in [2.05, 4.69) is 5.32 Å². The number of rotatable bonds is 3. The number of aryl methyl sites for hydroxylation is 1. The smallest absolute Gasteiger partial charge is 0.255 e. The molecule has 0 aliphatic heterocycles. The highest BCUT2D eigenvalue weighted by molar-refractivity contribution is 6.17. The van der Waals surface area contributed by atoms with E-state index in [0.717, 1.165) is 11.1 Å². The van der Waals surface area contributed by atoms with E-state index in [1.54, 1.807) is 25.1 Å². The van der Waals surface area contributed by atoms with Crippen LogP contribution in [0.3, 0.4) is 0 Å². The molecule has 3 nitrogen and oxygen atoms in total. The summed E-state index contributed by atoms with van der Waals surface area (Å²) in [6.45, 7) is 1.78. The fourth-order valence-electron chi connectivity index (χ4n) is 1.69. The lowest BCUT2D eigenvalue weighted by atomic mass is 10.1. The number of carbonyl (C=O) groups excluding carboxylic acids is 1. The first-order valence-corrected chi connectivity index (χ1v) is 6.39. The Kier molecular flexibility index (Phi) is 4.07. The average molecular weight is 276 g/mol. The number of amides is 1. The zero-order valence-electron chi connectivity index (χ0n) is 10.5. The fourth-order valence-corrected chi connectivity index (χ4v) is 1.85. The van der Waals surface area contributed by atoms with Crippen LogP contribution in [-0.2, 0) is 5.88 Å². The Balaban J connectivity index is 2.18. The van der Waals surface area contributed by atoms with Crippen LogP contribution in [0.1, 0.15) is 21.5 Å². The van der Waals surface area contributed by atoms with Crippen molar-refractivity contribution in [3.8, 4) is 5.75 Å². The van der Waals surface area contributed by atoms with Gasteiger partial charge in [-0.1, -0.05) is 18.2 Å². The molecule has 1 amide bonds. The van der Waals surface area contributed by atoms with Gasteiger partial charge in [0.25, 0.3) is 5.91 Å². The molecular weight excluding hydrogens is 262 g/mol. The second-order valence-corrected chi connectivity index (χ2v) is 4.56. The summed E-state index contributed by atoms with van der Waals surface area (Å²) in [5, 5.41) is 12.4. The highest BCUT2D eigenvalue weighted by atomic mass is 35.5. The third-order valence-corrected chi connectivity index (χ3v) is 3.12. The lowest BCUT2D eigenvalue weighted by Crippen LogP contribution is -2.11. The Morgan fingerprint density at radius 3 is 2.74 bits per heavy atom. The number of nitrogens with one attached hydrogen (secondary N) is 1. The molecule has 0 heterocycles. The number of phenols is 1. The Morgan fingerprint density at radius 1 is 1.26 bits per heavy atom. The molecule has 0 aliphatic rings. The van der Waals surface area contributed by atoms with Crippen molar-refractivity contribution >= 4 is 23.2 Å². The molecule has 0 atom stereocenters. The maximum absolute atomic E-state index is 12.0. The standard InChI is InChI=1S/C15H14ClNO2/c1-10-5-6-12(8-14(10)18)15(19)17-13-4-2-3-11(7-13)9-16/h2-8,18H,9H2,1H3,(H,17,19). The van der Waals surface area contributed by atoms with Crippen molar-refractivity contribution in [3.63, 3.8) is 0 Å². The normalized spacial score (nSPS) is 10.2. The fraction of sp³-hybridized carbons (Fsp3) is 0.133. The van der Waals surface area contributed by atoms with E-state index in [1.165, 1.54) is 6.07 Å². The number of halogens is 1. The van der Waals surface area contributed by atoms with Gasteiger partial charge in [-0.2, -0.15) is 0 Å². The van der Waals surface area contributed by atoms with Crippen LogP contribution in [-0.4, -0.2) is 11.0 Å². The van der Waals surface area contributed by atoms with Crippen LogP contribution < -0.4 is 5.32 Å². The molecule has 0 bridgehead atoms. The van der Waals surface area contributed by atoms with Crippen molar-refractivity contribution in [2.75, 3.05) is 5.32 Å². The quantitative estimate of drug-likeness (QED) is 0.839. The minimum Gasteiger partial charge on any atom is -0.508 e. The lowest BCUT2D eigenvalue weighted by Gasteiger charge is -2.07. The predicted octanol–water partition coefficient (Wildman–Crippen LogP) is 3.69. The number of alkyl halides is 1. The average Bonchev–Trinajstić information content (AvgIpc) is 2.42. The summed E-state index contributed by atoms with van der Waals surface area (Å²) < 4.78 is 0. The molecule has 19 heavy (non-hydrogen) atoms. The van der Waals surface area contributed by atoms with Gasteiger partial charge in [0.15, 0.2) is 0 Å². The van der Waals surface area contributed by atoms with Crippen LogP contribution in [0.2, 0.25) is 0 Å². The van der Waals surface area contributed by atoms with Gasteiger partial charge in [0.05, 0.1) is 0 Å². The molecule has 0 spiro atoms. The third-order valence-electron chi connectivity index (χ3n) is 2.81. The number of hydrogen-bond acceptors (Lipinski definition) is 2. The zero-order valence-corrected chi connectivity index (χ0v) is 11.2. The molecule has 0 fully saturated rings. The van der Waals surface area contributed by atoms with Gasteiger partial charge in [0, 0.05) is 17.1 Å². The van der Waals surface area contributed by atoms with Crippen molar-refractivity contribution in [3.05, 3.63) is 59.2 Å². The van der Waals surface area contributed by atoms with Crippen molar-refractivity contribution in [1.82, 2.24) is 0 Å². The molecule has 0 unspecified atom stereocenters. The molecule has 98 valence electrons. The topological polar surface area (TPSA) is 49.3 Å². The van der Waals surface area contributed by atoms with Gasteiger partial charge in [-0.15, -0.1) is 11.6 Å². The van der Waals surface area contributed by atoms with Gasteiger partial charge >= 0.3 is 0 Å². The first-order valence-electron chi connectivity index (χ1n) is 5.86. The number of aromatic hydroxyl groups is 1. The molecule has 0 saturated heterocycles. The summed E-state index contributed by atoms with van der Waals surface area (Å²) >= 11 is 5.74. The minimum atomic E-state index is -0.262. The van der Waals surface area contributed by atoms with Crippen LogP contribution in [0.25, 0.3) is 0 Å². The van der Waals surface area contributed by atoms with Gasteiger partial charge in [0.1, 0.15) is 5.75 Å². The van der Waals surface area contributed by atoms with E-state index in [-0.39, 0.29) is 11.7 Å². The summed E-state index contributed by atoms with van der Waals surface area (Å²) in [5.41, 5.74) is 2.77. The number of anilines is 1. The van der Waals surface area contributed by atoms with Gasteiger partial charge in [-0.05, 0) is 42.3 Å². The first kappa shape index (κ1) is 13.4. The summed E-state index contributed by atoms with van der Waals surface area (Å²) in [4.78, 5) is 12.0. The van der Waals surface area contributed by atoms with E-state index in [4.69, 9.17) is 11.6 Å². The van der Waals surface area contributed by atoms with Gasteiger partial charge < -0.3 is 10.4 Å². The summed E-state index contributed by atoms with van der Waals surface area (Å²) in [7, 11) is 0.